The summed E-state index contributed by atoms with van der Waals surface area (Å²) in [6.45, 7) is 0. The number of benzene rings is 2. The molecule has 0 bridgehead atoms. The molecule has 0 aliphatic rings. The summed E-state index contributed by atoms with van der Waals surface area (Å²) in [5, 5.41) is 21.4. The highest BCUT2D eigenvalue weighted by molar-refractivity contribution is 9.10. The van der Waals surface area contributed by atoms with E-state index < -0.39 is 11.9 Å². The predicted octanol–water partition coefficient (Wildman–Crippen LogP) is 5.61. The number of anilines is 1. The van der Waals surface area contributed by atoms with E-state index in [-0.39, 0.29) is 16.8 Å². The lowest BCUT2D eigenvalue weighted by atomic mass is 10.2. The summed E-state index contributed by atoms with van der Waals surface area (Å²) >= 11 is 9.41. The number of furan rings is 1. The number of hydrogen-bond acceptors (Lipinski definition) is 4. The molecular formula is C21H12BrClN2O4. The van der Waals surface area contributed by atoms with Crippen molar-refractivity contribution in [3.8, 4) is 17.4 Å². The van der Waals surface area contributed by atoms with Gasteiger partial charge in [0, 0.05) is 21.8 Å². The van der Waals surface area contributed by atoms with Crippen LogP contribution in [0.15, 0.2) is 69.1 Å². The number of nitriles is 1. The van der Waals surface area contributed by atoms with Crippen LogP contribution in [-0.4, -0.2) is 17.0 Å². The average Bonchev–Trinajstić information content (AvgIpc) is 3.17. The number of carbonyl (C=O) groups is 2. The highest BCUT2D eigenvalue weighted by atomic mass is 79.9. The van der Waals surface area contributed by atoms with Gasteiger partial charge >= 0.3 is 5.97 Å². The van der Waals surface area contributed by atoms with Crippen LogP contribution in [0.2, 0.25) is 5.02 Å². The molecule has 1 aromatic heterocycles. The number of halogens is 2. The van der Waals surface area contributed by atoms with Gasteiger partial charge in [-0.3, -0.25) is 4.79 Å². The Morgan fingerprint density at radius 1 is 1.17 bits per heavy atom. The lowest BCUT2D eigenvalue weighted by Gasteiger charge is -2.05. The van der Waals surface area contributed by atoms with Gasteiger partial charge in [0.2, 0.25) is 0 Å². The monoisotopic (exact) mass is 470 g/mol. The Kier molecular flexibility index (Phi) is 6.17. The molecular weight excluding hydrogens is 460 g/mol. The highest BCUT2D eigenvalue weighted by Crippen LogP contribution is 2.30. The molecule has 8 heteroatoms. The molecule has 29 heavy (non-hydrogen) atoms. The van der Waals surface area contributed by atoms with Gasteiger partial charge in [-0.15, -0.1) is 0 Å². The molecule has 144 valence electrons. The van der Waals surface area contributed by atoms with E-state index in [1.807, 2.05) is 12.1 Å². The average molecular weight is 472 g/mol. The second-order valence-electron chi connectivity index (χ2n) is 5.84. The van der Waals surface area contributed by atoms with Crippen LogP contribution in [0.25, 0.3) is 17.4 Å². The fourth-order valence-corrected chi connectivity index (χ4v) is 2.88. The number of nitrogens with zero attached hydrogens (tertiary/aromatic N) is 1. The van der Waals surface area contributed by atoms with Crippen LogP contribution in [0, 0.1) is 11.3 Å². The van der Waals surface area contributed by atoms with Gasteiger partial charge in [0.1, 0.15) is 23.2 Å². The third-order valence-corrected chi connectivity index (χ3v) is 5.08. The summed E-state index contributed by atoms with van der Waals surface area (Å²) in [6.07, 6.45) is 1.31. The molecule has 0 spiro atoms. The number of carboxylic acid groups (broad SMARTS) is 1. The second-order valence-corrected chi connectivity index (χ2v) is 7.10. The minimum Gasteiger partial charge on any atom is -0.478 e. The van der Waals surface area contributed by atoms with Crippen molar-refractivity contribution in [3.05, 3.63) is 81.0 Å². The maximum Gasteiger partial charge on any atom is 0.335 e. The Morgan fingerprint density at radius 2 is 1.97 bits per heavy atom. The Morgan fingerprint density at radius 3 is 2.66 bits per heavy atom. The van der Waals surface area contributed by atoms with Gasteiger partial charge in [0.05, 0.1) is 10.6 Å². The lowest BCUT2D eigenvalue weighted by Crippen LogP contribution is -2.13. The van der Waals surface area contributed by atoms with Crippen LogP contribution >= 0.6 is 27.5 Å². The summed E-state index contributed by atoms with van der Waals surface area (Å²) < 4.78 is 6.44. The molecule has 0 aliphatic heterocycles. The molecule has 0 fully saturated rings. The van der Waals surface area contributed by atoms with E-state index in [1.54, 1.807) is 24.3 Å². The van der Waals surface area contributed by atoms with E-state index in [2.05, 4.69) is 21.2 Å². The molecule has 2 aromatic carbocycles. The van der Waals surface area contributed by atoms with Gasteiger partial charge in [-0.2, -0.15) is 5.26 Å². The van der Waals surface area contributed by atoms with Gasteiger partial charge in [-0.25, -0.2) is 4.79 Å². The maximum atomic E-state index is 12.4. The summed E-state index contributed by atoms with van der Waals surface area (Å²) in [6, 6.07) is 16.2. The van der Waals surface area contributed by atoms with Crippen molar-refractivity contribution < 1.29 is 19.1 Å². The fraction of sp³-hybridized carbons (Fsp3) is 0. The quantitative estimate of drug-likeness (QED) is 0.372. The number of amides is 1. The number of carboxylic acids is 1. The highest BCUT2D eigenvalue weighted by Gasteiger charge is 2.13. The van der Waals surface area contributed by atoms with Crippen LogP contribution in [-0.2, 0) is 4.79 Å². The van der Waals surface area contributed by atoms with Gasteiger partial charge in [-0.05, 0) is 58.4 Å². The van der Waals surface area contributed by atoms with Crippen LogP contribution in [0.3, 0.4) is 0 Å². The molecule has 0 saturated carbocycles. The third-order valence-electron chi connectivity index (χ3n) is 3.85. The van der Waals surface area contributed by atoms with Gasteiger partial charge in [-0.1, -0.05) is 23.7 Å². The minimum atomic E-state index is -1.12. The SMILES string of the molecule is N#C/C(=C/c1ccc(-c2ccc(Br)c(Cl)c2)o1)C(=O)Nc1cccc(C(=O)O)c1. The first-order valence-electron chi connectivity index (χ1n) is 8.19. The summed E-state index contributed by atoms with van der Waals surface area (Å²) in [5.41, 5.74) is 0.835. The normalized spacial score (nSPS) is 11.0. The topological polar surface area (TPSA) is 103 Å². The molecule has 0 atom stereocenters. The van der Waals surface area contributed by atoms with Crippen LogP contribution in [0.5, 0.6) is 0 Å². The van der Waals surface area contributed by atoms with E-state index in [4.69, 9.17) is 21.1 Å². The lowest BCUT2D eigenvalue weighted by molar-refractivity contribution is -0.112. The van der Waals surface area contributed by atoms with Crippen molar-refractivity contribution in [2.24, 2.45) is 0 Å². The predicted molar refractivity (Wildman–Crippen MR) is 112 cm³/mol. The van der Waals surface area contributed by atoms with E-state index >= 15 is 0 Å². The van der Waals surface area contributed by atoms with Crippen molar-refractivity contribution in [2.45, 2.75) is 0 Å². The van der Waals surface area contributed by atoms with E-state index in [9.17, 15) is 14.9 Å². The molecule has 2 N–H and O–H groups in total. The van der Waals surface area contributed by atoms with Crippen molar-refractivity contribution >= 4 is 51.2 Å². The molecule has 3 aromatic rings. The first kappa shape index (κ1) is 20.4. The van der Waals surface area contributed by atoms with Gasteiger partial charge < -0.3 is 14.8 Å². The smallest absolute Gasteiger partial charge is 0.335 e. The molecule has 0 unspecified atom stereocenters. The Labute approximate surface area is 179 Å². The molecule has 1 amide bonds. The molecule has 0 saturated heterocycles. The number of nitrogens with one attached hydrogen (secondary N) is 1. The number of aromatic carboxylic acids is 1. The Hall–Kier alpha value is -3.34. The number of carbonyl (C=O) groups excluding carboxylic acids is 1. The summed E-state index contributed by atoms with van der Waals surface area (Å²) in [4.78, 5) is 23.4. The van der Waals surface area contributed by atoms with Crippen LogP contribution in [0.1, 0.15) is 16.1 Å². The zero-order chi connectivity index (χ0) is 21.0. The van der Waals surface area contributed by atoms with Gasteiger partial charge in [0.15, 0.2) is 0 Å². The molecule has 6 nitrogen and oxygen atoms in total. The zero-order valence-electron chi connectivity index (χ0n) is 14.6. The van der Waals surface area contributed by atoms with Crippen molar-refractivity contribution in [1.82, 2.24) is 0 Å². The molecule has 1 heterocycles. The van der Waals surface area contributed by atoms with E-state index in [0.717, 1.165) is 10.0 Å². The standard InChI is InChI=1S/C21H12BrClN2O4/c22-17-6-4-12(10-18(17)23)19-7-5-16(29-19)9-14(11-24)20(26)25-15-3-1-2-13(8-15)21(27)28/h1-10H,(H,25,26)(H,27,28)/b14-9-. The van der Waals surface area contributed by atoms with Crippen LogP contribution < -0.4 is 5.32 Å². The largest absolute Gasteiger partial charge is 0.478 e. The Bertz CT molecular complexity index is 1180. The van der Waals surface area contributed by atoms with Gasteiger partial charge in [0.25, 0.3) is 5.91 Å². The fourth-order valence-electron chi connectivity index (χ4n) is 2.45. The first-order chi connectivity index (χ1) is 13.9. The zero-order valence-corrected chi connectivity index (χ0v) is 17.0. The summed E-state index contributed by atoms with van der Waals surface area (Å²) in [5.74, 6) is -0.962. The number of hydrogen-bond donors (Lipinski definition) is 2. The van der Waals surface area contributed by atoms with E-state index in [1.165, 1.54) is 30.3 Å². The minimum absolute atomic E-state index is 0.0223. The molecule has 0 radical (unpaired) electrons. The second kappa shape index (κ2) is 8.78. The number of rotatable bonds is 5. The van der Waals surface area contributed by atoms with Crippen molar-refractivity contribution in [2.75, 3.05) is 5.32 Å². The van der Waals surface area contributed by atoms with Crippen molar-refractivity contribution in [3.63, 3.8) is 0 Å². The van der Waals surface area contributed by atoms with Crippen molar-refractivity contribution in [1.29, 1.82) is 5.26 Å². The summed E-state index contributed by atoms with van der Waals surface area (Å²) in [7, 11) is 0. The van der Waals surface area contributed by atoms with E-state index in [0.29, 0.717) is 16.5 Å². The molecule has 0 aliphatic carbocycles. The third kappa shape index (κ3) is 4.93. The maximum absolute atomic E-state index is 12.4. The van der Waals surface area contributed by atoms with Crippen LogP contribution in [0.4, 0.5) is 5.69 Å². The first-order valence-corrected chi connectivity index (χ1v) is 9.36. The molecule has 3 rings (SSSR count). The Balaban J connectivity index is 1.81.